The van der Waals surface area contributed by atoms with Gasteiger partial charge in [-0.3, -0.25) is 4.79 Å². The first-order chi connectivity index (χ1) is 8.56. The van der Waals surface area contributed by atoms with Crippen LogP contribution in [0.3, 0.4) is 0 Å². The Balaban J connectivity index is 2.00. The van der Waals surface area contributed by atoms with Crippen molar-refractivity contribution in [1.82, 2.24) is 5.32 Å². The molecule has 1 aromatic carbocycles. The lowest BCUT2D eigenvalue weighted by Crippen LogP contribution is -2.39. The van der Waals surface area contributed by atoms with Gasteiger partial charge in [0, 0.05) is 20.9 Å². The third-order valence-electron chi connectivity index (χ3n) is 3.24. The zero-order valence-electron chi connectivity index (χ0n) is 10.0. The monoisotopic (exact) mass is 360 g/mol. The third-order valence-corrected chi connectivity index (χ3v) is 4.18. The van der Waals surface area contributed by atoms with Gasteiger partial charge in [-0.15, -0.1) is 0 Å². The predicted molar refractivity (Wildman–Crippen MR) is 79.3 cm³/mol. The number of nitrogens with one attached hydrogen (secondary N) is 1. The van der Waals surface area contributed by atoms with Crippen molar-refractivity contribution < 1.29 is 9.90 Å². The van der Waals surface area contributed by atoms with Crippen LogP contribution in [0.15, 0.2) is 18.2 Å². The maximum absolute atomic E-state index is 12.0. The SMILES string of the molecule is Nc1ccc(C(=O)NC2CCCC(O)C2)cc1I. The average molecular weight is 360 g/mol. The van der Waals surface area contributed by atoms with Crippen molar-refractivity contribution in [3.8, 4) is 0 Å². The van der Waals surface area contributed by atoms with Crippen LogP contribution in [-0.2, 0) is 0 Å². The van der Waals surface area contributed by atoms with Gasteiger partial charge in [0.05, 0.1) is 6.10 Å². The summed E-state index contributed by atoms with van der Waals surface area (Å²) >= 11 is 2.11. The van der Waals surface area contributed by atoms with E-state index in [1.165, 1.54) is 0 Å². The van der Waals surface area contributed by atoms with E-state index in [4.69, 9.17) is 5.73 Å². The summed E-state index contributed by atoms with van der Waals surface area (Å²) in [4.78, 5) is 12.0. The summed E-state index contributed by atoms with van der Waals surface area (Å²) in [5.41, 5.74) is 7.02. The standard InChI is InChI=1S/C13H17IN2O2/c14-11-6-8(4-5-12(11)15)13(18)16-9-2-1-3-10(17)7-9/h4-6,9-10,17H,1-3,7,15H2,(H,16,18). The van der Waals surface area contributed by atoms with Crippen molar-refractivity contribution >= 4 is 34.2 Å². The number of nitrogens with two attached hydrogens (primary N) is 1. The number of carbonyl (C=O) groups is 1. The Morgan fingerprint density at radius 3 is 2.89 bits per heavy atom. The smallest absolute Gasteiger partial charge is 0.251 e. The van der Waals surface area contributed by atoms with Crippen molar-refractivity contribution in [2.45, 2.75) is 37.8 Å². The molecule has 0 spiro atoms. The molecule has 0 saturated heterocycles. The van der Waals surface area contributed by atoms with Crippen molar-refractivity contribution in [2.75, 3.05) is 5.73 Å². The number of aliphatic hydroxyl groups is 1. The van der Waals surface area contributed by atoms with Crippen LogP contribution >= 0.6 is 22.6 Å². The first-order valence-electron chi connectivity index (χ1n) is 6.10. The molecule has 1 aromatic rings. The lowest BCUT2D eigenvalue weighted by molar-refractivity contribution is 0.0850. The minimum Gasteiger partial charge on any atom is -0.398 e. The van der Waals surface area contributed by atoms with E-state index in [1.54, 1.807) is 18.2 Å². The second-order valence-electron chi connectivity index (χ2n) is 4.73. The molecule has 2 unspecified atom stereocenters. The molecule has 0 aliphatic heterocycles. The molecule has 5 heteroatoms. The molecule has 0 aromatic heterocycles. The Morgan fingerprint density at radius 1 is 1.44 bits per heavy atom. The third kappa shape index (κ3) is 3.35. The minimum absolute atomic E-state index is 0.0801. The minimum atomic E-state index is -0.282. The van der Waals surface area contributed by atoms with E-state index in [-0.39, 0.29) is 18.1 Å². The summed E-state index contributed by atoms with van der Waals surface area (Å²) in [6.07, 6.45) is 3.11. The number of amides is 1. The van der Waals surface area contributed by atoms with Crippen LogP contribution in [-0.4, -0.2) is 23.2 Å². The van der Waals surface area contributed by atoms with E-state index >= 15 is 0 Å². The second kappa shape index (κ2) is 5.88. The quantitative estimate of drug-likeness (QED) is 0.557. The molecule has 1 fully saturated rings. The van der Waals surface area contributed by atoms with Gasteiger partial charge in [-0.25, -0.2) is 0 Å². The number of anilines is 1. The molecule has 0 heterocycles. The number of benzene rings is 1. The van der Waals surface area contributed by atoms with E-state index < -0.39 is 0 Å². The number of aliphatic hydroxyl groups excluding tert-OH is 1. The summed E-state index contributed by atoms with van der Waals surface area (Å²) in [6.45, 7) is 0. The number of carbonyl (C=O) groups excluding carboxylic acids is 1. The summed E-state index contributed by atoms with van der Waals surface area (Å²) < 4.78 is 0.879. The number of hydrogen-bond acceptors (Lipinski definition) is 3. The molecule has 1 aliphatic carbocycles. The van der Waals surface area contributed by atoms with Crippen molar-refractivity contribution in [3.05, 3.63) is 27.3 Å². The van der Waals surface area contributed by atoms with Gasteiger partial charge >= 0.3 is 0 Å². The molecule has 0 radical (unpaired) electrons. The van der Waals surface area contributed by atoms with Crippen LogP contribution in [0.4, 0.5) is 5.69 Å². The highest BCUT2D eigenvalue weighted by Crippen LogP contribution is 2.20. The highest BCUT2D eigenvalue weighted by Gasteiger charge is 2.22. The summed E-state index contributed by atoms with van der Waals surface area (Å²) in [5, 5.41) is 12.5. The Labute approximate surface area is 120 Å². The fraction of sp³-hybridized carbons (Fsp3) is 0.462. The molecule has 1 saturated carbocycles. The Kier molecular flexibility index (Phi) is 4.45. The zero-order valence-corrected chi connectivity index (χ0v) is 12.2. The van der Waals surface area contributed by atoms with Crippen molar-refractivity contribution in [2.24, 2.45) is 0 Å². The zero-order chi connectivity index (χ0) is 13.1. The van der Waals surface area contributed by atoms with Gasteiger partial charge in [-0.05, 0) is 66.5 Å². The Morgan fingerprint density at radius 2 is 2.22 bits per heavy atom. The first kappa shape index (κ1) is 13.6. The maximum Gasteiger partial charge on any atom is 0.251 e. The van der Waals surface area contributed by atoms with Gasteiger partial charge in [-0.2, -0.15) is 0 Å². The highest BCUT2D eigenvalue weighted by molar-refractivity contribution is 14.1. The number of rotatable bonds is 2. The van der Waals surface area contributed by atoms with Crippen LogP contribution in [0, 0.1) is 3.57 Å². The topological polar surface area (TPSA) is 75.4 Å². The van der Waals surface area contributed by atoms with Crippen LogP contribution < -0.4 is 11.1 Å². The molecule has 2 atom stereocenters. The van der Waals surface area contributed by atoms with Gasteiger partial charge in [0.25, 0.3) is 5.91 Å². The Hall–Kier alpha value is -0.820. The molecule has 98 valence electrons. The second-order valence-corrected chi connectivity index (χ2v) is 5.89. The molecular formula is C13H17IN2O2. The lowest BCUT2D eigenvalue weighted by Gasteiger charge is -2.26. The normalized spacial score (nSPS) is 23.7. The molecule has 0 bridgehead atoms. The first-order valence-corrected chi connectivity index (χ1v) is 7.18. The molecule has 4 nitrogen and oxygen atoms in total. The largest absolute Gasteiger partial charge is 0.398 e. The van der Waals surface area contributed by atoms with Crippen LogP contribution in [0.25, 0.3) is 0 Å². The van der Waals surface area contributed by atoms with Crippen LogP contribution in [0.5, 0.6) is 0 Å². The summed E-state index contributed by atoms with van der Waals surface area (Å²) in [5.74, 6) is -0.0907. The Bertz CT molecular complexity index is 451. The number of hydrogen-bond donors (Lipinski definition) is 3. The molecule has 4 N–H and O–H groups in total. The van der Waals surface area contributed by atoms with E-state index in [0.29, 0.717) is 17.7 Å². The fourth-order valence-corrected chi connectivity index (χ4v) is 2.75. The average Bonchev–Trinajstić information content (AvgIpc) is 2.32. The summed E-state index contributed by atoms with van der Waals surface area (Å²) in [7, 11) is 0. The number of halogens is 1. The van der Waals surface area contributed by atoms with E-state index in [9.17, 15) is 9.90 Å². The predicted octanol–water partition coefficient (Wildman–Crippen LogP) is 1.91. The van der Waals surface area contributed by atoms with Crippen LogP contribution in [0.2, 0.25) is 0 Å². The molecule has 18 heavy (non-hydrogen) atoms. The highest BCUT2D eigenvalue weighted by atomic mass is 127. The van der Waals surface area contributed by atoms with Crippen LogP contribution in [0.1, 0.15) is 36.0 Å². The van der Waals surface area contributed by atoms with Gasteiger partial charge in [0.15, 0.2) is 0 Å². The van der Waals surface area contributed by atoms with E-state index in [1.807, 2.05) is 0 Å². The summed E-state index contributed by atoms with van der Waals surface area (Å²) in [6, 6.07) is 5.33. The van der Waals surface area contributed by atoms with E-state index in [0.717, 1.165) is 22.8 Å². The lowest BCUT2D eigenvalue weighted by atomic mass is 9.93. The maximum atomic E-state index is 12.0. The molecule has 1 amide bonds. The fourth-order valence-electron chi connectivity index (χ4n) is 2.23. The van der Waals surface area contributed by atoms with Gasteiger partial charge < -0.3 is 16.2 Å². The van der Waals surface area contributed by atoms with Crippen molar-refractivity contribution in [1.29, 1.82) is 0 Å². The van der Waals surface area contributed by atoms with Gasteiger partial charge in [-0.1, -0.05) is 0 Å². The molecule has 1 aliphatic rings. The van der Waals surface area contributed by atoms with Gasteiger partial charge in [0.2, 0.25) is 0 Å². The number of nitrogen functional groups attached to an aromatic ring is 1. The van der Waals surface area contributed by atoms with Gasteiger partial charge in [0.1, 0.15) is 0 Å². The molecular weight excluding hydrogens is 343 g/mol. The molecule has 2 rings (SSSR count). The van der Waals surface area contributed by atoms with Crippen molar-refractivity contribution in [3.63, 3.8) is 0 Å². The van der Waals surface area contributed by atoms with E-state index in [2.05, 4.69) is 27.9 Å².